The van der Waals surface area contributed by atoms with Crippen molar-refractivity contribution in [1.29, 1.82) is 0 Å². The number of rotatable bonds is 9. The molecule has 0 saturated heterocycles. The molecule has 0 spiro atoms. The quantitative estimate of drug-likeness (QED) is 0.344. The van der Waals surface area contributed by atoms with Gasteiger partial charge in [0.1, 0.15) is 12.4 Å². The molecule has 36 heavy (non-hydrogen) atoms. The lowest BCUT2D eigenvalue weighted by molar-refractivity contribution is -0.136. The maximum absolute atomic E-state index is 14.0. The summed E-state index contributed by atoms with van der Waals surface area (Å²) < 4.78 is 17.5. The average Bonchev–Trinajstić information content (AvgIpc) is 2.91. The van der Waals surface area contributed by atoms with Crippen molar-refractivity contribution < 1.29 is 19.0 Å². The number of fused-ring (bicyclic) bond motifs is 1. The van der Waals surface area contributed by atoms with Crippen LogP contribution in [0.25, 0.3) is 0 Å². The Bertz CT molecular complexity index is 1160. The summed E-state index contributed by atoms with van der Waals surface area (Å²) in [6, 6.07) is 22.1. The van der Waals surface area contributed by atoms with E-state index in [0.29, 0.717) is 30.6 Å². The molecule has 3 aromatic rings. The summed E-state index contributed by atoms with van der Waals surface area (Å²) >= 11 is 0. The van der Waals surface area contributed by atoms with Crippen LogP contribution >= 0.6 is 0 Å². The Morgan fingerprint density at radius 1 is 0.944 bits per heavy atom. The van der Waals surface area contributed by atoms with E-state index in [1.807, 2.05) is 59.5 Å². The Balaban J connectivity index is 1.67. The van der Waals surface area contributed by atoms with Gasteiger partial charge in [0.15, 0.2) is 11.5 Å². The smallest absolute Gasteiger partial charge is 0.230 e. The molecule has 0 bridgehead atoms. The molecule has 2 atom stereocenters. The van der Waals surface area contributed by atoms with Crippen molar-refractivity contribution in [3.63, 3.8) is 0 Å². The summed E-state index contributed by atoms with van der Waals surface area (Å²) in [4.78, 5) is 16.0. The molecular weight excluding hydrogens is 450 g/mol. The summed E-state index contributed by atoms with van der Waals surface area (Å²) in [6.07, 6.45) is 1.49. The van der Waals surface area contributed by atoms with E-state index in [-0.39, 0.29) is 17.9 Å². The zero-order valence-corrected chi connectivity index (χ0v) is 22.0. The third-order valence-electron chi connectivity index (χ3n) is 7.15. The van der Waals surface area contributed by atoms with Crippen molar-refractivity contribution in [3.05, 3.63) is 89.0 Å². The van der Waals surface area contributed by atoms with Crippen molar-refractivity contribution in [1.82, 2.24) is 4.90 Å². The summed E-state index contributed by atoms with van der Waals surface area (Å²) in [6.45, 7) is 7.42. The molecule has 0 N–H and O–H groups in total. The van der Waals surface area contributed by atoms with Gasteiger partial charge in [0.05, 0.1) is 26.2 Å². The lowest BCUT2D eigenvalue weighted by atomic mass is 9.89. The number of carbonyl (C=O) groups excluding carboxylic acids is 1. The summed E-state index contributed by atoms with van der Waals surface area (Å²) in [5.41, 5.74) is 4.53. The van der Waals surface area contributed by atoms with Gasteiger partial charge in [-0.3, -0.25) is 4.79 Å². The minimum Gasteiger partial charge on any atom is -0.493 e. The maximum Gasteiger partial charge on any atom is 0.230 e. The number of hydrogen-bond donors (Lipinski definition) is 0. The van der Waals surface area contributed by atoms with Crippen molar-refractivity contribution >= 4 is 5.91 Å². The van der Waals surface area contributed by atoms with Crippen LogP contribution in [0.1, 0.15) is 67.3 Å². The second kappa shape index (κ2) is 11.5. The molecule has 5 nitrogen and oxygen atoms in total. The van der Waals surface area contributed by atoms with Gasteiger partial charge in [-0.25, -0.2) is 0 Å². The first-order chi connectivity index (χ1) is 17.5. The van der Waals surface area contributed by atoms with Gasteiger partial charge in [0, 0.05) is 6.54 Å². The summed E-state index contributed by atoms with van der Waals surface area (Å²) in [7, 11) is 3.29. The van der Waals surface area contributed by atoms with E-state index >= 15 is 0 Å². The molecule has 190 valence electrons. The molecule has 0 fully saturated rings. The number of carbonyl (C=O) groups is 1. The Kier molecular flexibility index (Phi) is 8.19. The number of nitrogens with zero attached hydrogens (tertiary/aromatic N) is 1. The number of ether oxygens (including phenoxy) is 3. The topological polar surface area (TPSA) is 48.0 Å². The molecule has 1 aliphatic rings. The van der Waals surface area contributed by atoms with Crippen molar-refractivity contribution in [2.45, 2.75) is 51.5 Å². The Morgan fingerprint density at radius 3 is 2.22 bits per heavy atom. The van der Waals surface area contributed by atoms with Crippen molar-refractivity contribution in [2.24, 2.45) is 0 Å². The van der Waals surface area contributed by atoms with Crippen LogP contribution < -0.4 is 14.2 Å². The minimum atomic E-state index is -0.233. The average molecular weight is 488 g/mol. The normalized spacial score (nSPS) is 15.8. The fraction of sp³-hybridized carbons (Fsp3) is 0.387. The van der Waals surface area contributed by atoms with Crippen LogP contribution in [-0.2, 0) is 11.2 Å². The Labute approximate surface area is 215 Å². The minimum absolute atomic E-state index is 0.132. The first-order valence-electron chi connectivity index (χ1n) is 12.8. The molecule has 3 aromatic carbocycles. The standard InChI is InChI=1S/C31H37NO4/c1-6-26(23-10-8-7-9-11-23)31(33)32-17-16-24-18-29(34-4)30(35-5)19-27(24)28(32)20-36-25-14-12-22(13-15-25)21(2)3/h7-15,18-19,21,26,28H,6,16-17,20H2,1-5H3. The molecule has 1 heterocycles. The largest absolute Gasteiger partial charge is 0.493 e. The molecule has 4 rings (SSSR count). The van der Waals surface area contributed by atoms with E-state index in [2.05, 4.69) is 32.9 Å². The number of benzene rings is 3. The number of amides is 1. The van der Waals surface area contributed by atoms with E-state index in [4.69, 9.17) is 14.2 Å². The highest BCUT2D eigenvalue weighted by atomic mass is 16.5. The highest BCUT2D eigenvalue weighted by Crippen LogP contribution is 2.40. The number of hydrogen-bond acceptors (Lipinski definition) is 4. The van der Waals surface area contributed by atoms with Gasteiger partial charge in [-0.15, -0.1) is 0 Å². The maximum atomic E-state index is 14.0. The summed E-state index contributed by atoms with van der Waals surface area (Å²) in [5, 5.41) is 0. The zero-order valence-electron chi connectivity index (χ0n) is 22.0. The molecule has 0 aromatic heterocycles. The Hall–Kier alpha value is -3.47. The molecule has 2 unspecified atom stereocenters. The summed E-state index contributed by atoms with van der Waals surface area (Å²) in [5.74, 6) is 2.56. The second-order valence-corrected chi connectivity index (χ2v) is 9.61. The van der Waals surface area contributed by atoms with E-state index in [1.165, 1.54) is 5.56 Å². The van der Waals surface area contributed by atoms with Gasteiger partial charge in [-0.2, -0.15) is 0 Å². The highest BCUT2D eigenvalue weighted by molar-refractivity contribution is 5.84. The predicted octanol–water partition coefficient (Wildman–Crippen LogP) is 6.53. The third kappa shape index (κ3) is 5.35. The molecule has 0 saturated carbocycles. The van der Waals surface area contributed by atoms with Crippen LogP contribution in [0.4, 0.5) is 0 Å². The molecular formula is C31H37NO4. The highest BCUT2D eigenvalue weighted by Gasteiger charge is 2.35. The van der Waals surface area contributed by atoms with Crippen LogP contribution in [-0.4, -0.2) is 38.2 Å². The van der Waals surface area contributed by atoms with Gasteiger partial charge in [-0.05, 0) is 65.3 Å². The molecule has 1 aliphatic heterocycles. The second-order valence-electron chi connectivity index (χ2n) is 9.61. The van der Waals surface area contributed by atoms with Gasteiger partial charge >= 0.3 is 0 Å². The predicted molar refractivity (Wildman–Crippen MR) is 143 cm³/mol. The molecule has 0 radical (unpaired) electrons. The molecule has 0 aliphatic carbocycles. The van der Waals surface area contributed by atoms with E-state index in [1.54, 1.807) is 14.2 Å². The van der Waals surface area contributed by atoms with Crippen LogP contribution in [0.3, 0.4) is 0 Å². The monoisotopic (exact) mass is 487 g/mol. The molecule has 5 heteroatoms. The van der Waals surface area contributed by atoms with Gasteiger partial charge in [-0.1, -0.05) is 63.2 Å². The van der Waals surface area contributed by atoms with E-state index < -0.39 is 0 Å². The van der Waals surface area contributed by atoms with Gasteiger partial charge in [0.2, 0.25) is 5.91 Å². The van der Waals surface area contributed by atoms with E-state index in [0.717, 1.165) is 35.3 Å². The Morgan fingerprint density at radius 2 is 1.61 bits per heavy atom. The van der Waals surface area contributed by atoms with Gasteiger partial charge in [0.25, 0.3) is 0 Å². The first kappa shape index (κ1) is 25.6. The number of methoxy groups -OCH3 is 2. The zero-order chi connectivity index (χ0) is 25.7. The van der Waals surface area contributed by atoms with Crippen LogP contribution in [0.2, 0.25) is 0 Å². The lowest BCUT2D eigenvalue weighted by Gasteiger charge is -2.39. The fourth-order valence-corrected chi connectivity index (χ4v) is 5.03. The van der Waals surface area contributed by atoms with E-state index in [9.17, 15) is 4.79 Å². The van der Waals surface area contributed by atoms with Crippen molar-refractivity contribution in [2.75, 3.05) is 27.4 Å². The SMILES string of the molecule is CCC(C(=O)N1CCc2cc(OC)c(OC)cc2C1COc1ccc(C(C)C)cc1)c1ccccc1. The third-order valence-corrected chi connectivity index (χ3v) is 7.15. The van der Waals surface area contributed by atoms with Crippen molar-refractivity contribution in [3.8, 4) is 17.2 Å². The molecule has 1 amide bonds. The van der Waals surface area contributed by atoms with Crippen LogP contribution in [0.15, 0.2) is 66.7 Å². The van der Waals surface area contributed by atoms with Crippen LogP contribution in [0.5, 0.6) is 17.2 Å². The first-order valence-corrected chi connectivity index (χ1v) is 12.8. The fourth-order valence-electron chi connectivity index (χ4n) is 5.03. The van der Waals surface area contributed by atoms with Crippen LogP contribution in [0, 0.1) is 0 Å². The lowest BCUT2D eigenvalue weighted by Crippen LogP contribution is -2.44. The van der Waals surface area contributed by atoms with Gasteiger partial charge < -0.3 is 19.1 Å².